The third-order valence-electron chi connectivity index (χ3n) is 13.1. The van der Waals surface area contributed by atoms with Gasteiger partial charge < -0.3 is 4.57 Å². The van der Waals surface area contributed by atoms with Gasteiger partial charge in [-0.1, -0.05) is 166 Å². The van der Waals surface area contributed by atoms with Crippen molar-refractivity contribution in [1.29, 1.82) is 0 Å². The molecule has 290 valence electrons. The van der Waals surface area contributed by atoms with Gasteiger partial charge in [-0.2, -0.15) is 0 Å². The largest absolute Gasteiger partial charge is 0.309 e. The molecule has 0 atom stereocenters. The molecule has 3 aromatic heterocycles. The van der Waals surface area contributed by atoms with Gasteiger partial charge in [-0.25, -0.2) is 4.98 Å². The summed E-state index contributed by atoms with van der Waals surface area (Å²) in [6.45, 7) is 4.66. The number of benzene rings is 7. The first-order valence-electron chi connectivity index (χ1n) is 21.0. The summed E-state index contributed by atoms with van der Waals surface area (Å²) in [7, 11) is 0. The molecule has 0 spiro atoms. The molecule has 5 heteroatoms. The van der Waals surface area contributed by atoms with Gasteiger partial charge in [0.15, 0.2) is 0 Å². The van der Waals surface area contributed by atoms with Crippen molar-refractivity contribution in [2.45, 2.75) is 24.7 Å². The van der Waals surface area contributed by atoms with Crippen molar-refractivity contribution in [3.63, 3.8) is 0 Å². The number of aromatic nitrogens is 3. The third-order valence-corrected chi connectivity index (χ3v) is 13.1. The second-order valence-electron chi connectivity index (χ2n) is 16.6. The summed E-state index contributed by atoms with van der Waals surface area (Å²) in [5.74, 6) is 1.63. The van der Waals surface area contributed by atoms with Crippen LogP contribution >= 0.6 is 0 Å². The number of pyridine rings is 2. The molecule has 0 N–H and O–H groups in total. The Morgan fingerprint density at radius 3 is 1.39 bits per heavy atom. The molecular weight excluding hydrogens is 743 g/mol. The fourth-order valence-electron chi connectivity index (χ4n) is 10.5. The summed E-state index contributed by atoms with van der Waals surface area (Å²) in [6, 6.07) is 72.5. The molecule has 0 bridgehead atoms. The molecule has 2 aliphatic heterocycles. The van der Waals surface area contributed by atoms with Crippen LogP contribution in [0.5, 0.6) is 0 Å². The molecule has 0 amide bonds. The maximum absolute atomic E-state index is 5.80. The minimum atomic E-state index is -0.627. The smallest absolute Gasteiger partial charge is 0.142 e. The van der Waals surface area contributed by atoms with Crippen LogP contribution in [0.3, 0.4) is 0 Å². The van der Waals surface area contributed by atoms with Crippen LogP contribution in [-0.4, -0.2) is 14.5 Å². The highest BCUT2D eigenvalue weighted by Crippen LogP contribution is 2.58. The van der Waals surface area contributed by atoms with Gasteiger partial charge in [0.1, 0.15) is 11.6 Å². The molecule has 0 fully saturated rings. The van der Waals surface area contributed by atoms with Crippen LogP contribution in [0.4, 0.5) is 34.4 Å². The van der Waals surface area contributed by atoms with Crippen molar-refractivity contribution < 1.29 is 0 Å². The van der Waals surface area contributed by atoms with E-state index in [1.54, 1.807) is 0 Å². The normalized spacial score (nSPS) is 14.6. The van der Waals surface area contributed by atoms with E-state index in [1.165, 1.54) is 38.6 Å². The van der Waals surface area contributed by atoms with E-state index >= 15 is 0 Å². The Balaban J connectivity index is 1.19. The van der Waals surface area contributed by atoms with Crippen LogP contribution in [0.2, 0.25) is 0 Å². The van der Waals surface area contributed by atoms with E-state index in [4.69, 9.17) is 9.97 Å². The molecule has 5 heterocycles. The monoisotopic (exact) mass is 783 g/mol. The van der Waals surface area contributed by atoms with Gasteiger partial charge in [0, 0.05) is 34.5 Å². The second kappa shape index (κ2) is 13.4. The predicted molar refractivity (Wildman–Crippen MR) is 250 cm³/mol. The first-order valence-corrected chi connectivity index (χ1v) is 21.0. The Bertz CT molecular complexity index is 3120. The van der Waals surface area contributed by atoms with E-state index < -0.39 is 5.41 Å². The third kappa shape index (κ3) is 5.01. The fraction of sp³-hybridized carbons (Fsp3) is 0.0714. The summed E-state index contributed by atoms with van der Waals surface area (Å²) in [6.07, 6.45) is 3.96. The zero-order valence-electron chi connectivity index (χ0n) is 33.9. The van der Waals surface area contributed by atoms with Crippen molar-refractivity contribution in [3.8, 4) is 5.69 Å². The van der Waals surface area contributed by atoms with Gasteiger partial charge in [-0.05, 0) is 69.8 Å². The number of hydrogen-bond donors (Lipinski definition) is 0. The first-order chi connectivity index (χ1) is 30.0. The Morgan fingerprint density at radius 1 is 0.410 bits per heavy atom. The molecule has 7 aromatic carbocycles. The molecule has 5 nitrogen and oxygen atoms in total. The topological polar surface area (TPSA) is 37.2 Å². The number of fused-ring (bicyclic) bond motifs is 7. The number of para-hydroxylation sites is 5. The lowest BCUT2D eigenvalue weighted by atomic mass is 9.62. The molecule has 61 heavy (non-hydrogen) atoms. The van der Waals surface area contributed by atoms with Gasteiger partial charge in [0.2, 0.25) is 0 Å². The molecular formula is C56H41N5. The highest BCUT2D eigenvalue weighted by molar-refractivity contribution is 6.09. The van der Waals surface area contributed by atoms with E-state index in [2.05, 4.69) is 228 Å². The van der Waals surface area contributed by atoms with Crippen molar-refractivity contribution in [2.24, 2.45) is 0 Å². The number of anilines is 6. The number of nitrogens with zero attached hydrogens (tertiary/aromatic N) is 5. The fourth-order valence-corrected chi connectivity index (χ4v) is 10.5. The van der Waals surface area contributed by atoms with E-state index in [9.17, 15) is 0 Å². The minimum Gasteiger partial charge on any atom is -0.309 e. The van der Waals surface area contributed by atoms with E-state index in [0.29, 0.717) is 0 Å². The van der Waals surface area contributed by atoms with Crippen LogP contribution in [0, 0.1) is 0 Å². The van der Waals surface area contributed by atoms with Gasteiger partial charge in [-0.3, -0.25) is 14.8 Å². The van der Waals surface area contributed by atoms with Crippen LogP contribution in [0.25, 0.3) is 27.5 Å². The average Bonchev–Trinajstić information content (AvgIpc) is 3.66. The Hall–Kier alpha value is -7.76. The van der Waals surface area contributed by atoms with Crippen molar-refractivity contribution >= 4 is 56.2 Å². The van der Waals surface area contributed by atoms with Gasteiger partial charge in [0.25, 0.3) is 0 Å². The lowest BCUT2D eigenvalue weighted by Crippen LogP contribution is -2.38. The van der Waals surface area contributed by atoms with Gasteiger partial charge >= 0.3 is 0 Å². The highest BCUT2D eigenvalue weighted by Gasteiger charge is 2.47. The summed E-state index contributed by atoms with van der Waals surface area (Å²) in [4.78, 5) is 15.4. The molecule has 0 saturated heterocycles. The lowest BCUT2D eigenvalue weighted by Gasteiger charge is -2.46. The maximum Gasteiger partial charge on any atom is 0.142 e. The molecule has 0 unspecified atom stereocenters. The Morgan fingerprint density at radius 2 is 0.836 bits per heavy atom. The molecule has 10 aromatic rings. The van der Waals surface area contributed by atoms with Crippen LogP contribution in [0.1, 0.15) is 47.2 Å². The van der Waals surface area contributed by atoms with Gasteiger partial charge in [0.05, 0.1) is 51.1 Å². The van der Waals surface area contributed by atoms with E-state index in [-0.39, 0.29) is 5.41 Å². The number of rotatable bonds is 5. The lowest BCUT2D eigenvalue weighted by molar-refractivity contribution is 0.631. The first kappa shape index (κ1) is 35.2. The summed E-state index contributed by atoms with van der Waals surface area (Å²) < 4.78 is 2.41. The second-order valence-corrected chi connectivity index (χ2v) is 16.6. The summed E-state index contributed by atoms with van der Waals surface area (Å²) in [5, 5.41) is 2.42. The summed E-state index contributed by atoms with van der Waals surface area (Å²) in [5.41, 5.74) is 13.9. The van der Waals surface area contributed by atoms with Crippen molar-refractivity contribution in [2.75, 3.05) is 9.80 Å². The van der Waals surface area contributed by atoms with E-state index in [0.717, 1.165) is 56.7 Å². The maximum atomic E-state index is 5.80. The zero-order chi connectivity index (χ0) is 40.7. The molecule has 12 rings (SSSR count). The number of hydrogen-bond acceptors (Lipinski definition) is 4. The minimum absolute atomic E-state index is 0.217. The quantitative estimate of drug-likeness (QED) is 0.174. The standard InChI is InChI=1S/C56H41N5/c1-55(2)43-25-11-16-30-49(43)60(50-31-17-12-26-44(50)55)53-35-40(59-47-28-14-9-23-41(47)42-24-10-15-29-48(42)59)36-54(58-53)61-51-32-18-13-27-45(51)56(38-19-5-3-6-20-38,39-21-7-4-8-22-39)46-33-34-57-37-52(46)61/h3-37H,1-2H3. The predicted octanol–water partition coefficient (Wildman–Crippen LogP) is 13.8. The van der Waals surface area contributed by atoms with Crippen LogP contribution in [0.15, 0.2) is 213 Å². The van der Waals surface area contributed by atoms with Gasteiger partial charge in [-0.15, -0.1) is 0 Å². The molecule has 0 aliphatic carbocycles. The molecule has 0 radical (unpaired) electrons. The summed E-state index contributed by atoms with van der Waals surface area (Å²) >= 11 is 0. The van der Waals surface area contributed by atoms with Crippen molar-refractivity contribution in [3.05, 3.63) is 246 Å². The highest BCUT2D eigenvalue weighted by atomic mass is 15.3. The van der Waals surface area contributed by atoms with Crippen LogP contribution < -0.4 is 9.80 Å². The Kier molecular flexibility index (Phi) is 7.72. The SMILES string of the molecule is CC1(C)c2ccccc2N(c2cc(-n3c4ccccc4c4ccccc43)cc(N3c4ccccc4C(c4ccccc4)(c4ccccc4)c4ccncc43)n2)c2ccccc21. The van der Waals surface area contributed by atoms with Crippen LogP contribution in [-0.2, 0) is 10.8 Å². The molecule has 0 saturated carbocycles. The molecule has 2 aliphatic rings. The zero-order valence-corrected chi connectivity index (χ0v) is 33.9. The van der Waals surface area contributed by atoms with E-state index in [1.807, 2.05) is 12.4 Å². The Labute approximate surface area is 355 Å². The van der Waals surface area contributed by atoms with Crippen molar-refractivity contribution in [1.82, 2.24) is 14.5 Å². The average molecular weight is 784 g/mol.